The van der Waals surface area contributed by atoms with E-state index in [1.165, 1.54) is 7.05 Å². The molecule has 0 radical (unpaired) electrons. The number of ether oxygens (including phenoxy) is 1. The van der Waals surface area contributed by atoms with Gasteiger partial charge in [-0.15, -0.1) is 0 Å². The summed E-state index contributed by atoms with van der Waals surface area (Å²) >= 11 is 0. The lowest BCUT2D eigenvalue weighted by Gasteiger charge is -2.11. The highest BCUT2D eigenvalue weighted by atomic mass is 32.2. The van der Waals surface area contributed by atoms with Crippen molar-refractivity contribution in [3.63, 3.8) is 0 Å². The van der Waals surface area contributed by atoms with Gasteiger partial charge in [0.05, 0.1) is 12.4 Å². The average molecular weight is 259 g/mol. The maximum absolute atomic E-state index is 11.4. The summed E-state index contributed by atoms with van der Waals surface area (Å²) in [6.45, 7) is 1.86. The van der Waals surface area contributed by atoms with Crippen molar-refractivity contribution in [2.24, 2.45) is 0 Å². The molecule has 1 N–H and O–H groups in total. The van der Waals surface area contributed by atoms with E-state index in [4.69, 9.17) is 4.74 Å². The summed E-state index contributed by atoms with van der Waals surface area (Å²) in [6.07, 6.45) is 4.48. The summed E-state index contributed by atoms with van der Waals surface area (Å²) in [6, 6.07) is 0. The lowest BCUT2D eigenvalue weighted by atomic mass is 10.1. The Morgan fingerprint density at radius 1 is 1.65 bits per heavy atom. The molecule has 1 fully saturated rings. The average Bonchev–Trinajstić information content (AvgIpc) is 2.96. The van der Waals surface area contributed by atoms with Gasteiger partial charge >= 0.3 is 0 Å². The number of aryl methyl sites for hydroxylation is 1. The number of imidazole rings is 1. The van der Waals surface area contributed by atoms with Crippen molar-refractivity contribution in [3.8, 4) is 0 Å². The van der Waals surface area contributed by atoms with E-state index in [1.807, 2.05) is 10.8 Å². The van der Waals surface area contributed by atoms with Crippen LogP contribution in [-0.2, 0) is 21.3 Å². The van der Waals surface area contributed by atoms with Crippen LogP contribution in [0.4, 0.5) is 0 Å². The van der Waals surface area contributed by atoms with Gasteiger partial charge in [-0.3, -0.25) is 0 Å². The summed E-state index contributed by atoms with van der Waals surface area (Å²) < 4.78 is 32.2. The second-order valence-electron chi connectivity index (χ2n) is 4.06. The zero-order valence-corrected chi connectivity index (χ0v) is 10.6. The van der Waals surface area contributed by atoms with Crippen LogP contribution in [0.3, 0.4) is 0 Å². The van der Waals surface area contributed by atoms with E-state index in [1.54, 1.807) is 6.20 Å². The van der Waals surface area contributed by atoms with Crippen LogP contribution in [0.1, 0.15) is 18.2 Å². The van der Waals surface area contributed by atoms with Gasteiger partial charge in [-0.1, -0.05) is 0 Å². The maximum atomic E-state index is 11.4. The van der Waals surface area contributed by atoms with Crippen molar-refractivity contribution in [2.75, 3.05) is 26.0 Å². The number of nitrogens with one attached hydrogen (secondary N) is 1. The highest BCUT2D eigenvalue weighted by Gasteiger charge is 2.22. The first kappa shape index (κ1) is 12.5. The number of aromatic nitrogens is 2. The number of hydrogen-bond donors (Lipinski definition) is 1. The zero-order valence-electron chi connectivity index (χ0n) is 9.80. The highest BCUT2D eigenvalue weighted by Crippen LogP contribution is 2.23. The molecule has 1 aromatic rings. The quantitative estimate of drug-likeness (QED) is 0.803. The Kier molecular flexibility index (Phi) is 3.80. The van der Waals surface area contributed by atoms with Crippen molar-refractivity contribution in [2.45, 2.75) is 18.9 Å². The molecule has 0 spiro atoms. The fraction of sp³-hybridized carbons (Fsp3) is 0.700. The van der Waals surface area contributed by atoms with Crippen molar-refractivity contribution in [1.29, 1.82) is 0 Å². The number of sulfonamides is 1. The third-order valence-electron chi connectivity index (χ3n) is 2.95. The Bertz CT molecular complexity index is 463. The first-order chi connectivity index (χ1) is 8.12. The largest absolute Gasteiger partial charge is 0.381 e. The van der Waals surface area contributed by atoms with E-state index in [0.29, 0.717) is 19.1 Å². The molecule has 0 bridgehead atoms. The van der Waals surface area contributed by atoms with E-state index in [9.17, 15) is 8.42 Å². The minimum atomic E-state index is -3.17. The van der Waals surface area contributed by atoms with Gasteiger partial charge in [-0.2, -0.15) is 0 Å². The molecular weight excluding hydrogens is 242 g/mol. The predicted octanol–water partition coefficient (Wildman–Crippen LogP) is -0.0638. The van der Waals surface area contributed by atoms with Crippen LogP contribution in [0.15, 0.2) is 12.4 Å². The van der Waals surface area contributed by atoms with E-state index >= 15 is 0 Å². The molecule has 2 rings (SSSR count). The lowest BCUT2D eigenvalue weighted by molar-refractivity contribution is 0.192. The van der Waals surface area contributed by atoms with Gasteiger partial charge in [0.15, 0.2) is 0 Å². The van der Waals surface area contributed by atoms with E-state index < -0.39 is 10.0 Å². The normalized spacial score (nSPS) is 20.9. The van der Waals surface area contributed by atoms with Crippen molar-refractivity contribution < 1.29 is 13.2 Å². The molecule has 1 saturated heterocycles. The summed E-state index contributed by atoms with van der Waals surface area (Å²) in [4.78, 5) is 4.29. The Labute approximate surface area is 101 Å². The van der Waals surface area contributed by atoms with Crippen LogP contribution in [0.2, 0.25) is 0 Å². The van der Waals surface area contributed by atoms with E-state index in [2.05, 4.69) is 9.71 Å². The third kappa shape index (κ3) is 3.05. The molecule has 0 aliphatic carbocycles. The third-order valence-corrected chi connectivity index (χ3v) is 4.30. The molecule has 0 saturated carbocycles. The molecule has 1 aliphatic heterocycles. The number of nitrogens with zero attached hydrogens (tertiary/aromatic N) is 2. The molecule has 0 unspecified atom stereocenters. The van der Waals surface area contributed by atoms with Gasteiger partial charge in [0.25, 0.3) is 0 Å². The van der Waals surface area contributed by atoms with Crippen LogP contribution < -0.4 is 4.72 Å². The summed E-state index contributed by atoms with van der Waals surface area (Å²) in [5.74, 6) is 1.29. The first-order valence-corrected chi connectivity index (χ1v) is 7.27. The van der Waals surface area contributed by atoms with E-state index in [0.717, 1.165) is 18.9 Å². The number of rotatable bonds is 5. The molecule has 96 valence electrons. The lowest BCUT2D eigenvalue weighted by Crippen LogP contribution is -2.25. The standard InChI is InChI=1S/C10H17N3O3S/c1-11-17(14,15)7-5-13-4-3-12-10(13)9-2-6-16-8-9/h3-4,9,11H,2,5-8H2,1H3/t9-/m1/s1. The molecule has 1 atom stereocenters. The predicted molar refractivity (Wildman–Crippen MR) is 63.3 cm³/mol. The second-order valence-corrected chi connectivity index (χ2v) is 6.11. The van der Waals surface area contributed by atoms with Crippen LogP contribution in [-0.4, -0.2) is 44.0 Å². The fourth-order valence-corrected chi connectivity index (χ4v) is 2.57. The van der Waals surface area contributed by atoms with E-state index in [-0.39, 0.29) is 5.75 Å². The molecule has 0 amide bonds. The van der Waals surface area contributed by atoms with Crippen molar-refractivity contribution >= 4 is 10.0 Å². The molecule has 6 nitrogen and oxygen atoms in total. The zero-order chi connectivity index (χ0) is 12.3. The van der Waals surface area contributed by atoms with Gasteiger partial charge in [0.1, 0.15) is 5.82 Å². The summed E-state index contributed by atoms with van der Waals surface area (Å²) in [5.41, 5.74) is 0. The number of hydrogen-bond acceptors (Lipinski definition) is 4. The fourth-order valence-electron chi connectivity index (χ4n) is 1.93. The topological polar surface area (TPSA) is 73.2 Å². The van der Waals surface area contributed by atoms with Crippen LogP contribution >= 0.6 is 0 Å². The molecule has 17 heavy (non-hydrogen) atoms. The smallest absolute Gasteiger partial charge is 0.213 e. The molecule has 1 aliphatic rings. The van der Waals surface area contributed by atoms with Gasteiger partial charge in [0, 0.05) is 31.5 Å². The molecule has 2 heterocycles. The minimum Gasteiger partial charge on any atom is -0.381 e. The van der Waals surface area contributed by atoms with Crippen LogP contribution in [0.25, 0.3) is 0 Å². The second kappa shape index (κ2) is 5.16. The Morgan fingerprint density at radius 3 is 3.12 bits per heavy atom. The monoisotopic (exact) mass is 259 g/mol. The van der Waals surface area contributed by atoms with Crippen LogP contribution in [0, 0.1) is 0 Å². The van der Waals surface area contributed by atoms with Gasteiger partial charge in [0.2, 0.25) is 10.0 Å². The Morgan fingerprint density at radius 2 is 2.47 bits per heavy atom. The van der Waals surface area contributed by atoms with Crippen molar-refractivity contribution in [3.05, 3.63) is 18.2 Å². The minimum absolute atomic E-state index is 0.0699. The maximum Gasteiger partial charge on any atom is 0.213 e. The summed E-state index contributed by atoms with van der Waals surface area (Å²) in [5, 5.41) is 0. The van der Waals surface area contributed by atoms with Gasteiger partial charge < -0.3 is 9.30 Å². The molecular formula is C10H17N3O3S. The molecule has 7 heteroatoms. The Balaban J connectivity index is 2.04. The van der Waals surface area contributed by atoms with Crippen molar-refractivity contribution in [1.82, 2.24) is 14.3 Å². The molecule has 1 aromatic heterocycles. The SMILES string of the molecule is CNS(=O)(=O)CCn1ccnc1[C@@H]1CCOC1. The van der Waals surface area contributed by atoms with Gasteiger partial charge in [-0.25, -0.2) is 18.1 Å². The first-order valence-electron chi connectivity index (χ1n) is 5.62. The van der Waals surface area contributed by atoms with Gasteiger partial charge in [-0.05, 0) is 13.5 Å². The van der Waals surface area contributed by atoms with Crippen LogP contribution in [0.5, 0.6) is 0 Å². The highest BCUT2D eigenvalue weighted by molar-refractivity contribution is 7.89. The Hall–Kier alpha value is -0.920. The summed E-state index contributed by atoms with van der Waals surface area (Å²) in [7, 11) is -1.74. The molecule has 0 aromatic carbocycles.